The molecule has 3 rings (SSSR count). The Bertz CT molecular complexity index is 745. The van der Waals surface area contributed by atoms with Crippen LogP contribution in [0.1, 0.15) is 11.1 Å². The third-order valence-corrected chi connectivity index (χ3v) is 3.43. The summed E-state index contributed by atoms with van der Waals surface area (Å²) in [5, 5.41) is 0.499. The minimum atomic E-state index is 0.499. The fraction of sp³-hybridized carbons (Fsp3) is 0.143. The minimum Gasteiger partial charge on any atom is -0.443 e. The van der Waals surface area contributed by atoms with Gasteiger partial charge >= 0.3 is 0 Å². The Morgan fingerprint density at radius 3 is 2.95 bits per heavy atom. The Kier molecular flexibility index (Phi) is 3.12. The van der Waals surface area contributed by atoms with Crippen molar-refractivity contribution in [3.8, 4) is 11.5 Å². The molecule has 96 valence electrons. The van der Waals surface area contributed by atoms with Crippen molar-refractivity contribution in [3.05, 3.63) is 57.6 Å². The molecule has 3 nitrogen and oxygen atoms in total. The van der Waals surface area contributed by atoms with E-state index in [2.05, 4.69) is 9.55 Å². The van der Waals surface area contributed by atoms with E-state index < -0.39 is 0 Å². The van der Waals surface area contributed by atoms with Crippen LogP contribution in [0, 0.1) is 11.6 Å². The fourth-order valence-electron chi connectivity index (χ4n) is 2.05. The van der Waals surface area contributed by atoms with E-state index >= 15 is 0 Å². The topological polar surface area (TPSA) is 31.0 Å². The second kappa shape index (κ2) is 4.79. The van der Waals surface area contributed by atoms with Gasteiger partial charge < -0.3 is 8.98 Å². The van der Waals surface area contributed by atoms with Gasteiger partial charge in [0.25, 0.3) is 0 Å². The number of pyridine rings is 2. The number of rotatable bonds is 2. The molecule has 0 unspecified atom stereocenters. The molecule has 19 heavy (non-hydrogen) atoms. The standard InChI is InChI=1S/C14H11ClN2OS/c1-9-4-5-17(11-6-13(19)18-14(9)11)8-10-2-3-12(15)16-7-10/h2-7H,8H2,1H3. The number of nitrogens with zero attached hydrogens (tertiary/aromatic N) is 2. The van der Waals surface area contributed by atoms with Crippen LogP contribution in [-0.2, 0) is 6.54 Å². The zero-order chi connectivity index (χ0) is 13.4. The Morgan fingerprint density at radius 1 is 1.37 bits per heavy atom. The van der Waals surface area contributed by atoms with Gasteiger partial charge in [-0.15, -0.1) is 0 Å². The van der Waals surface area contributed by atoms with Gasteiger partial charge in [0.15, 0.2) is 10.5 Å². The van der Waals surface area contributed by atoms with Gasteiger partial charge in [-0.05, 0) is 42.4 Å². The van der Waals surface area contributed by atoms with Crippen molar-refractivity contribution < 1.29 is 4.42 Å². The van der Waals surface area contributed by atoms with E-state index in [-0.39, 0.29) is 0 Å². The normalized spacial score (nSPS) is 11.1. The first-order valence-electron chi connectivity index (χ1n) is 5.83. The van der Waals surface area contributed by atoms with Crippen LogP contribution in [0.3, 0.4) is 0 Å². The number of hydrogen-bond acceptors (Lipinski definition) is 3. The Labute approximate surface area is 120 Å². The molecule has 0 amide bonds. The van der Waals surface area contributed by atoms with E-state index in [1.54, 1.807) is 12.3 Å². The quantitative estimate of drug-likeness (QED) is 0.520. The molecular weight excluding hydrogens is 280 g/mol. The van der Waals surface area contributed by atoms with E-state index in [1.165, 1.54) is 0 Å². The van der Waals surface area contributed by atoms with Crippen LogP contribution in [0.15, 0.2) is 41.1 Å². The van der Waals surface area contributed by atoms with Crippen LogP contribution in [0.5, 0.6) is 0 Å². The summed E-state index contributed by atoms with van der Waals surface area (Å²) in [6.45, 7) is 2.71. The lowest BCUT2D eigenvalue weighted by Crippen LogP contribution is -2.04. The highest BCUT2D eigenvalue weighted by molar-refractivity contribution is 7.71. The van der Waals surface area contributed by atoms with Crippen molar-refractivity contribution in [3.63, 3.8) is 0 Å². The Morgan fingerprint density at radius 2 is 2.21 bits per heavy atom. The summed E-state index contributed by atoms with van der Waals surface area (Å²) >= 11 is 10.9. The zero-order valence-electron chi connectivity index (χ0n) is 10.3. The molecule has 0 radical (unpaired) electrons. The molecule has 1 aromatic heterocycles. The maximum absolute atomic E-state index is 5.79. The van der Waals surface area contributed by atoms with E-state index in [0.29, 0.717) is 16.4 Å². The van der Waals surface area contributed by atoms with Crippen LogP contribution in [0.2, 0.25) is 5.15 Å². The SMILES string of the molecule is Cc1ccn(Cc2ccc(Cl)nc2)c2cc(=S)oc1-2. The van der Waals surface area contributed by atoms with Crippen LogP contribution in [0.25, 0.3) is 11.5 Å². The van der Waals surface area contributed by atoms with Crippen LogP contribution < -0.4 is 0 Å². The molecule has 1 aromatic rings. The molecule has 0 aromatic carbocycles. The zero-order valence-corrected chi connectivity index (χ0v) is 11.8. The van der Waals surface area contributed by atoms with Gasteiger partial charge in [0, 0.05) is 25.0 Å². The molecule has 0 bridgehead atoms. The molecule has 0 saturated heterocycles. The van der Waals surface area contributed by atoms with E-state index in [0.717, 1.165) is 22.6 Å². The summed E-state index contributed by atoms with van der Waals surface area (Å²) in [5.41, 5.74) is 3.16. The summed E-state index contributed by atoms with van der Waals surface area (Å²) in [4.78, 5) is 4.09. The highest BCUT2D eigenvalue weighted by Crippen LogP contribution is 2.28. The molecule has 0 saturated carbocycles. The first kappa shape index (κ1) is 12.4. The third-order valence-electron chi connectivity index (χ3n) is 3.00. The minimum absolute atomic E-state index is 0.499. The van der Waals surface area contributed by atoms with Crippen molar-refractivity contribution in [2.24, 2.45) is 0 Å². The Hall–Kier alpha value is -1.65. The van der Waals surface area contributed by atoms with E-state index in [9.17, 15) is 0 Å². The number of aryl methyl sites for hydroxylation is 1. The average Bonchev–Trinajstić information content (AvgIpc) is 2.78. The van der Waals surface area contributed by atoms with Crippen LogP contribution >= 0.6 is 23.8 Å². The van der Waals surface area contributed by atoms with Crippen LogP contribution in [0.4, 0.5) is 0 Å². The number of hydrogen-bond donors (Lipinski definition) is 0. The monoisotopic (exact) mass is 290 g/mol. The van der Waals surface area contributed by atoms with Gasteiger partial charge in [0.1, 0.15) is 5.15 Å². The molecule has 5 heteroatoms. The van der Waals surface area contributed by atoms with Gasteiger partial charge in [-0.2, -0.15) is 0 Å². The summed E-state index contributed by atoms with van der Waals surface area (Å²) in [6, 6.07) is 7.64. The van der Waals surface area contributed by atoms with Gasteiger partial charge in [0.2, 0.25) is 0 Å². The van der Waals surface area contributed by atoms with Crippen molar-refractivity contribution >= 4 is 23.8 Å². The highest BCUT2D eigenvalue weighted by Gasteiger charge is 2.13. The number of fused-ring (bicyclic) bond motifs is 1. The molecule has 3 heterocycles. The number of aromatic nitrogens is 2. The van der Waals surface area contributed by atoms with Crippen molar-refractivity contribution in [2.45, 2.75) is 13.5 Å². The molecule has 0 fully saturated rings. The largest absolute Gasteiger partial charge is 0.443 e. The van der Waals surface area contributed by atoms with E-state index in [4.69, 9.17) is 28.2 Å². The molecule has 2 aliphatic rings. The molecule has 0 spiro atoms. The molecule has 0 aliphatic carbocycles. The second-order valence-corrected chi connectivity index (χ2v) is 5.19. The van der Waals surface area contributed by atoms with Crippen molar-refractivity contribution in [1.29, 1.82) is 0 Å². The lowest BCUT2D eigenvalue weighted by Gasteiger charge is -2.12. The maximum atomic E-state index is 5.79. The Balaban J connectivity index is 2.04. The molecule has 2 aliphatic heterocycles. The molecule has 0 atom stereocenters. The predicted octanol–water partition coefficient (Wildman–Crippen LogP) is 4.32. The van der Waals surface area contributed by atoms with Crippen molar-refractivity contribution in [2.75, 3.05) is 0 Å². The molecular formula is C14H11ClN2OS. The fourth-order valence-corrected chi connectivity index (χ4v) is 2.35. The predicted molar refractivity (Wildman–Crippen MR) is 77.2 cm³/mol. The van der Waals surface area contributed by atoms with Crippen molar-refractivity contribution in [1.82, 2.24) is 9.55 Å². The highest BCUT2D eigenvalue weighted by atomic mass is 35.5. The lowest BCUT2D eigenvalue weighted by molar-refractivity contribution is 0.559. The summed E-state index contributed by atoms with van der Waals surface area (Å²) < 4.78 is 8.15. The summed E-state index contributed by atoms with van der Waals surface area (Å²) in [5.74, 6) is 0.842. The van der Waals surface area contributed by atoms with Gasteiger partial charge in [-0.25, -0.2) is 4.98 Å². The lowest BCUT2D eigenvalue weighted by atomic mass is 10.1. The first-order chi connectivity index (χ1) is 9.13. The summed E-state index contributed by atoms with van der Waals surface area (Å²) in [6.07, 6.45) is 3.80. The first-order valence-corrected chi connectivity index (χ1v) is 6.62. The number of furan rings is 1. The smallest absolute Gasteiger partial charge is 0.193 e. The van der Waals surface area contributed by atoms with E-state index in [1.807, 2.05) is 31.3 Å². The maximum Gasteiger partial charge on any atom is 0.193 e. The second-order valence-electron chi connectivity index (χ2n) is 4.40. The van der Waals surface area contributed by atoms with Gasteiger partial charge in [0.05, 0.1) is 5.69 Å². The summed E-state index contributed by atoms with van der Waals surface area (Å²) in [7, 11) is 0. The number of halogens is 1. The van der Waals surface area contributed by atoms with Gasteiger partial charge in [-0.1, -0.05) is 17.7 Å². The van der Waals surface area contributed by atoms with Crippen LogP contribution in [-0.4, -0.2) is 9.55 Å². The third kappa shape index (κ3) is 2.41. The average molecular weight is 291 g/mol. The van der Waals surface area contributed by atoms with Gasteiger partial charge in [-0.3, -0.25) is 0 Å². The molecule has 0 N–H and O–H groups in total.